The molecule has 25 heavy (non-hydrogen) atoms. The molecule has 0 N–H and O–H groups in total. The van der Waals surface area contributed by atoms with Gasteiger partial charge in [0, 0.05) is 11.5 Å². The lowest BCUT2D eigenvalue weighted by Crippen LogP contribution is -2.49. The standard InChI is InChI=1S/C13H20N4O6S2/c18-24(19,20)9-1-3-14-5-7-16(11-14)13-17-8-6-15(12-17)4-2-10-25(21,22)23/h5-8,11-12H,1-4,9-10,13H2. The number of nitrogens with zero attached hydrogens (tertiary/aromatic N) is 4. The summed E-state index contributed by atoms with van der Waals surface area (Å²) in [6.45, 7) is 1.38. The predicted molar refractivity (Wildman–Crippen MR) is 83.0 cm³/mol. The number of imidazole rings is 2. The summed E-state index contributed by atoms with van der Waals surface area (Å²) in [6.07, 6.45) is 11.3. The first-order chi connectivity index (χ1) is 11.6. The summed E-state index contributed by atoms with van der Waals surface area (Å²) in [4.78, 5) is 0. The molecule has 0 spiro atoms. The zero-order valence-corrected chi connectivity index (χ0v) is 15.1. The Morgan fingerprint density at radius 2 is 1.16 bits per heavy atom. The van der Waals surface area contributed by atoms with E-state index in [9.17, 15) is 25.9 Å². The van der Waals surface area contributed by atoms with Gasteiger partial charge in [-0.2, -0.15) is 9.13 Å². The van der Waals surface area contributed by atoms with Crippen LogP contribution in [0.3, 0.4) is 0 Å². The maximum Gasteiger partial charge on any atom is 0.246 e. The largest absolute Gasteiger partial charge is 0.748 e. The molecule has 0 fully saturated rings. The van der Waals surface area contributed by atoms with Crippen molar-refractivity contribution in [3.05, 3.63) is 37.4 Å². The molecular weight excluding hydrogens is 372 g/mol. The molecule has 2 aromatic rings. The van der Waals surface area contributed by atoms with E-state index in [1.54, 1.807) is 34.2 Å². The van der Waals surface area contributed by atoms with Crippen molar-refractivity contribution in [2.75, 3.05) is 11.5 Å². The molecule has 0 aliphatic heterocycles. The molecular formula is C13H20N4O6S2. The van der Waals surface area contributed by atoms with Gasteiger partial charge in [0.25, 0.3) is 0 Å². The van der Waals surface area contributed by atoms with Gasteiger partial charge in [0.2, 0.25) is 19.3 Å². The van der Waals surface area contributed by atoms with Gasteiger partial charge in [0.15, 0.2) is 0 Å². The number of aromatic nitrogens is 4. The van der Waals surface area contributed by atoms with Crippen molar-refractivity contribution in [3.63, 3.8) is 0 Å². The highest BCUT2D eigenvalue weighted by Gasteiger charge is 2.10. The quantitative estimate of drug-likeness (QED) is 0.348. The summed E-state index contributed by atoms with van der Waals surface area (Å²) in [5, 5.41) is 0. The van der Waals surface area contributed by atoms with E-state index in [0.29, 0.717) is 19.8 Å². The van der Waals surface area contributed by atoms with Gasteiger partial charge >= 0.3 is 0 Å². The molecule has 0 bridgehead atoms. The van der Waals surface area contributed by atoms with Crippen molar-refractivity contribution < 1.29 is 35.1 Å². The third-order valence-corrected chi connectivity index (χ3v) is 5.02. The molecule has 0 aliphatic carbocycles. The molecule has 10 nitrogen and oxygen atoms in total. The van der Waals surface area contributed by atoms with Gasteiger partial charge in [-0.3, -0.25) is 0 Å². The van der Waals surface area contributed by atoms with Crippen LogP contribution in [0, 0.1) is 0 Å². The molecule has 12 heteroatoms. The topological polar surface area (TPSA) is 132 Å². The van der Waals surface area contributed by atoms with Crippen LogP contribution in [-0.4, -0.2) is 46.6 Å². The van der Waals surface area contributed by atoms with E-state index in [0.717, 1.165) is 0 Å². The van der Waals surface area contributed by atoms with Crippen LogP contribution in [0.4, 0.5) is 0 Å². The molecule has 0 aromatic carbocycles. The molecule has 0 radical (unpaired) electrons. The molecule has 0 unspecified atom stereocenters. The molecule has 0 amide bonds. The first-order valence-electron chi connectivity index (χ1n) is 7.57. The van der Waals surface area contributed by atoms with E-state index in [1.165, 1.54) is 0 Å². The minimum absolute atomic E-state index is 0.257. The Morgan fingerprint density at radius 3 is 1.52 bits per heavy atom. The van der Waals surface area contributed by atoms with Crippen LogP contribution in [0.25, 0.3) is 0 Å². The molecule has 0 aliphatic rings. The summed E-state index contributed by atoms with van der Waals surface area (Å²) >= 11 is 0. The van der Waals surface area contributed by atoms with Gasteiger partial charge < -0.3 is 9.11 Å². The van der Waals surface area contributed by atoms with Crippen molar-refractivity contribution in [3.8, 4) is 0 Å². The number of rotatable bonds is 10. The lowest BCUT2D eigenvalue weighted by atomic mass is 10.5. The van der Waals surface area contributed by atoms with Crippen LogP contribution in [0.2, 0.25) is 0 Å². The van der Waals surface area contributed by atoms with Gasteiger partial charge in [0.05, 0.1) is 33.3 Å². The molecule has 2 rings (SSSR count). The van der Waals surface area contributed by atoms with E-state index >= 15 is 0 Å². The molecule has 2 heterocycles. The zero-order chi connectivity index (χ0) is 18.5. The van der Waals surface area contributed by atoms with Gasteiger partial charge in [0.1, 0.15) is 24.8 Å². The van der Waals surface area contributed by atoms with E-state index in [1.807, 2.05) is 21.5 Å². The average molecular weight is 392 g/mol. The number of hydrogen-bond acceptors (Lipinski definition) is 6. The highest BCUT2D eigenvalue weighted by molar-refractivity contribution is 7.85. The van der Waals surface area contributed by atoms with Crippen LogP contribution in [0.1, 0.15) is 12.8 Å². The molecule has 0 saturated heterocycles. The van der Waals surface area contributed by atoms with Gasteiger partial charge in [-0.25, -0.2) is 26.0 Å². The fourth-order valence-electron chi connectivity index (χ4n) is 2.35. The van der Waals surface area contributed by atoms with Gasteiger partial charge in [-0.05, 0) is 12.8 Å². The summed E-state index contributed by atoms with van der Waals surface area (Å²) in [5.41, 5.74) is 0. The van der Waals surface area contributed by atoms with Crippen LogP contribution in [-0.2, 0) is 40.0 Å². The minimum atomic E-state index is -4.18. The maximum absolute atomic E-state index is 10.6. The lowest BCUT2D eigenvalue weighted by Gasteiger charge is -2.04. The molecule has 2 aromatic heterocycles. The van der Waals surface area contributed by atoms with Crippen molar-refractivity contribution in [2.24, 2.45) is 0 Å². The van der Waals surface area contributed by atoms with Crippen molar-refractivity contribution in [1.29, 1.82) is 0 Å². The fraction of sp³-hybridized carbons (Fsp3) is 0.538. The second-order valence-corrected chi connectivity index (χ2v) is 8.75. The first-order valence-corrected chi connectivity index (χ1v) is 10.7. The second-order valence-electron chi connectivity index (χ2n) is 5.70. The van der Waals surface area contributed by atoms with Crippen LogP contribution in [0.5, 0.6) is 0 Å². The van der Waals surface area contributed by atoms with Crippen LogP contribution < -0.4 is 9.13 Å². The maximum atomic E-state index is 10.6. The van der Waals surface area contributed by atoms with Crippen molar-refractivity contribution in [1.82, 2.24) is 9.13 Å². The van der Waals surface area contributed by atoms with Gasteiger partial charge in [-0.15, -0.1) is 0 Å². The Kier molecular flexibility index (Phi) is 6.32. The Bertz CT molecular complexity index is 826. The summed E-state index contributed by atoms with van der Waals surface area (Å²) in [7, 11) is -8.37. The SMILES string of the molecule is O=S(=O)([O-])CCCn1cc[n+](C[n+]2ccn(CCCS(=O)(=O)[O-])c2)c1. The van der Waals surface area contributed by atoms with Crippen molar-refractivity contribution in [2.45, 2.75) is 32.6 Å². The van der Waals surface area contributed by atoms with E-state index < -0.39 is 20.2 Å². The molecule has 0 saturated carbocycles. The van der Waals surface area contributed by atoms with Gasteiger partial charge in [-0.1, -0.05) is 0 Å². The number of hydrogen-bond donors (Lipinski definition) is 0. The summed E-state index contributed by atoms with van der Waals surface area (Å²) in [6, 6.07) is 0. The highest BCUT2D eigenvalue weighted by Crippen LogP contribution is 1.95. The first kappa shape index (κ1) is 19.6. The Labute approximate surface area is 146 Å². The van der Waals surface area contributed by atoms with Crippen LogP contribution in [0.15, 0.2) is 37.4 Å². The predicted octanol–water partition coefficient (Wildman–Crippen LogP) is -1.76. The monoisotopic (exact) mass is 392 g/mol. The van der Waals surface area contributed by atoms with Crippen LogP contribution >= 0.6 is 0 Å². The van der Waals surface area contributed by atoms with E-state index in [2.05, 4.69) is 0 Å². The smallest absolute Gasteiger partial charge is 0.246 e. The summed E-state index contributed by atoms with van der Waals surface area (Å²) < 4.78 is 70.8. The summed E-state index contributed by atoms with van der Waals surface area (Å²) in [5.74, 6) is -0.774. The zero-order valence-electron chi connectivity index (χ0n) is 13.5. The average Bonchev–Trinajstić information content (AvgIpc) is 3.06. The highest BCUT2D eigenvalue weighted by atomic mass is 32.2. The fourth-order valence-corrected chi connectivity index (χ4v) is 3.31. The molecule has 140 valence electrons. The second kappa shape index (κ2) is 8.08. The van der Waals surface area contributed by atoms with E-state index in [4.69, 9.17) is 0 Å². The minimum Gasteiger partial charge on any atom is -0.748 e. The Hall–Kier alpha value is -1.76. The molecule has 0 atom stereocenters. The number of aryl methyl sites for hydroxylation is 2. The Morgan fingerprint density at radius 1 is 0.760 bits per heavy atom. The van der Waals surface area contributed by atoms with Crippen molar-refractivity contribution >= 4 is 20.2 Å². The Balaban J connectivity index is 1.82. The normalized spacial score (nSPS) is 12.6. The van der Waals surface area contributed by atoms with E-state index in [-0.39, 0.29) is 24.3 Å². The third kappa shape index (κ3) is 7.77. The lowest BCUT2D eigenvalue weighted by molar-refractivity contribution is -0.912. The third-order valence-electron chi connectivity index (χ3n) is 3.44.